The van der Waals surface area contributed by atoms with Gasteiger partial charge >= 0.3 is 0 Å². The summed E-state index contributed by atoms with van der Waals surface area (Å²) in [5.41, 5.74) is 1.97. The molecule has 2 atom stereocenters. The Bertz CT molecular complexity index is 857. The third-order valence-electron chi connectivity index (χ3n) is 4.57. The number of hydrogen-bond donors (Lipinski definition) is 1. The van der Waals surface area contributed by atoms with Crippen LogP contribution >= 0.6 is 0 Å². The number of nitrogens with one attached hydrogen (secondary N) is 1. The SMILES string of the molecule is CCn1c(C(C)NC(=O)CC2CCS(=O)(=O)C2)nc2ccccc21. The second-order valence-electron chi connectivity index (χ2n) is 6.47. The molecule has 130 valence electrons. The lowest BCUT2D eigenvalue weighted by Gasteiger charge is -2.16. The number of para-hydroxylation sites is 2. The third-order valence-corrected chi connectivity index (χ3v) is 6.40. The van der Waals surface area contributed by atoms with E-state index in [1.165, 1.54) is 0 Å². The Kier molecular flexibility index (Phi) is 4.62. The highest BCUT2D eigenvalue weighted by Crippen LogP contribution is 2.23. The molecular weight excluding hydrogens is 326 g/mol. The number of sulfone groups is 1. The molecule has 1 N–H and O–H groups in total. The van der Waals surface area contributed by atoms with Crippen molar-refractivity contribution in [1.29, 1.82) is 0 Å². The van der Waals surface area contributed by atoms with Gasteiger partial charge in [-0.1, -0.05) is 12.1 Å². The summed E-state index contributed by atoms with van der Waals surface area (Å²) in [5.74, 6) is 0.978. The fraction of sp³-hybridized carbons (Fsp3) is 0.529. The van der Waals surface area contributed by atoms with E-state index in [0.717, 1.165) is 23.4 Å². The minimum Gasteiger partial charge on any atom is -0.346 e. The van der Waals surface area contributed by atoms with Crippen LogP contribution in [-0.2, 0) is 21.2 Å². The first-order valence-electron chi connectivity index (χ1n) is 8.34. The zero-order valence-electron chi connectivity index (χ0n) is 14.0. The number of hydrogen-bond acceptors (Lipinski definition) is 4. The molecule has 1 amide bonds. The third kappa shape index (κ3) is 3.45. The number of imidazole rings is 1. The topological polar surface area (TPSA) is 81.1 Å². The highest BCUT2D eigenvalue weighted by Gasteiger charge is 2.30. The second-order valence-corrected chi connectivity index (χ2v) is 8.69. The van der Waals surface area contributed by atoms with E-state index in [4.69, 9.17) is 0 Å². The summed E-state index contributed by atoms with van der Waals surface area (Å²) in [6.45, 7) is 4.74. The van der Waals surface area contributed by atoms with Gasteiger partial charge in [0.15, 0.2) is 9.84 Å². The molecule has 1 aliphatic heterocycles. The molecule has 0 spiro atoms. The molecule has 0 aliphatic carbocycles. The molecule has 7 heteroatoms. The molecule has 1 aliphatic rings. The number of aromatic nitrogens is 2. The first-order valence-corrected chi connectivity index (χ1v) is 10.2. The standard InChI is InChI=1S/C17H23N3O3S/c1-3-20-15-7-5-4-6-14(15)19-17(20)12(2)18-16(21)10-13-8-9-24(22,23)11-13/h4-7,12-13H,3,8-11H2,1-2H3,(H,18,21). The first-order chi connectivity index (χ1) is 11.4. The second kappa shape index (κ2) is 6.55. The summed E-state index contributed by atoms with van der Waals surface area (Å²) in [4.78, 5) is 16.9. The molecule has 1 aromatic heterocycles. The molecule has 2 aromatic rings. The molecule has 24 heavy (non-hydrogen) atoms. The number of fused-ring (bicyclic) bond motifs is 1. The van der Waals surface area contributed by atoms with Gasteiger partial charge in [0.2, 0.25) is 5.91 Å². The van der Waals surface area contributed by atoms with Crippen molar-refractivity contribution in [2.75, 3.05) is 11.5 Å². The molecule has 0 saturated carbocycles. The van der Waals surface area contributed by atoms with Gasteiger partial charge in [-0.3, -0.25) is 4.79 Å². The van der Waals surface area contributed by atoms with Gasteiger partial charge in [0.1, 0.15) is 5.82 Å². The van der Waals surface area contributed by atoms with Gasteiger partial charge in [-0.2, -0.15) is 0 Å². The van der Waals surface area contributed by atoms with E-state index in [9.17, 15) is 13.2 Å². The van der Waals surface area contributed by atoms with Crippen molar-refractivity contribution in [1.82, 2.24) is 14.9 Å². The van der Waals surface area contributed by atoms with Crippen LogP contribution in [0.25, 0.3) is 11.0 Å². The summed E-state index contributed by atoms with van der Waals surface area (Å²) in [7, 11) is -2.95. The lowest BCUT2D eigenvalue weighted by Crippen LogP contribution is -2.30. The smallest absolute Gasteiger partial charge is 0.220 e. The summed E-state index contributed by atoms with van der Waals surface area (Å²) >= 11 is 0. The monoisotopic (exact) mass is 349 g/mol. The average molecular weight is 349 g/mol. The fourth-order valence-electron chi connectivity index (χ4n) is 3.42. The van der Waals surface area contributed by atoms with Crippen LogP contribution in [0, 0.1) is 5.92 Å². The van der Waals surface area contributed by atoms with Crippen LogP contribution in [0.5, 0.6) is 0 Å². The molecule has 1 aromatic carbocycles. The highest BCUT2D eigenvalue weighted by molar-refractivity contribution is 7.91. The number of carbonyl (C=O) groups is 1. The lowest BCUT2D eigenvalue weighted by molar-refractivity contribution is -0.122. The number of aryl methyl sites for hydroxylation is 1. The molecule has 1 saturated heterocycles. The Hall–Kier alpha value is -1.89. The zero-order valence-corrected chi connectivity index (χ0v) is 14.8. The van der Waals surface area contributed by atoms with Crippen molar-refractivity contribution in [2.45, 2.75) is 39.3 Å². The summed E-state index contributed by atoms with van der Waals surface area (Å²) in [6, 6.07) is 7.69. The number of rotatable bonds is 5. The summed E-state index contributed by atoms with van der Waals surface area (Å²) in [5, 5.41) is 2.97. The number of benzene rings is 1. The van der Waals surface area contributed by atoms with Gasteiger partial charge in [0.25, 0.3) is 0 Å². The van der Waals surface area contributed by atoms with Crippen molar-refractivity contribution in [3.63, 3.8) is 0 Å². The Labute approximate surface area is 142 Å². The Morgan fingerprint density at radius 1 is 1.42 bits per heavy atom. The van der Waals surface area contributed by atoms with E-state index in [0.29, 0.717) is 6.42 Å². The number of amides is 1. The zero-order chi connectivity index (χ0) is 17.3. The van der Waals surface area contributed by atoms with Crippen molar-refractivity contribution in [3.05, 3.63) is 30.1 Å². The van der Waals surface area contributed by atoms with Crippen molar-refractivity contribution in [3.8, 4) is 0 Å². The van der Waals surface area contributed by atoms with Crippen molar-refractivity contribution in [2.24, 2.45) is 5.92 Å². The van der Waals surface area contributed by atoms with Crippen molar-refractivity contribution < 1.29 is 13.2 Å². The van der Waals surface area contributed by atoms with Crippen LogP contribution in [-0.4, -0.2) is 35.4 Å². The van der Waals surface area contributed by atoms with Crippen LogP contribution in [0.1, 0.15) is 38.6 Å². The molecule has 0 radical (unpaired) electrons. The number of nitrogens with zero attached hydrogens (tertiary/aromatic N) is 2. The van der Waals surface area contributed by atoms with Crippen LogP contribution in [0.3, 0.4) is 0 Å². The minimum atomic E-state index is -2.95. The Morgan fingerprint density at radius 3 is 2.83 bits per heavy atom. The van der Waals surface area contributed by atoms with E-state index < -0.39 is 9.84 Å². The first kappa shape index (κ1) is 17.0. The predicted molar refractivity (Wildman–Crippen MR) is 93.3 cm³/mol. The molecule has 0 bridgehead atoms. The van der Waals surface area contributed by atoms with Gasteiger partial charge in [-0.25, -0.2) is 13.4 Å². The van der Waals surface area contributed by atoms with Crippen LogP contribution < -0.4 is 5.32 Å². The maximum absolute atomic E-state index is 12.3. The summed E-state index contributed by atoms with van der Waals surface area (Å²) < 4.78 is 25.1. The molecule has 3 rings (SSSR count). The van der Waals surface area contributed by atoms with Gasteiger partial charge in [-0.05, 0) is 38.3 Å². The van der Waals surface area contributed by atoms with E-state index in [-0.39, 0.29) is 35.8 Å². The quantitative estimate of drug-likeness (QED) is 0.896. The Balaban J connectivity index is 1.71. The van der Waals surface area contributed by atoms with Crippen LogP contribution in [0.15, 0.2) is 24.3 Å². The van der Waals surface area contributed by atoms with Gasteiger partial charge in [-0.15, -0.1) is 0 Å². The fourth-order valence-corrected chi connectivity index (χ4v) is 5.28. The maximum Gasteiger partial charge on any atom is 0.220 e. The maximum atomic E-state index is 12.3. The van der Waals surface area contributed by atoms with E-state index in [2.05, 4.69) is 21.8 Å². The van der Waals surface area contributed by atoms with Crippen LogP contribution in [0.4, 0.5) is 0 Å². The number of carbonyl (C=O) groups excluding carboxylic acids is 1. The van der Waals surface area contributed by atoms with Gasteiger partial charge in [0.05, 0.1) is 28.6 Å². The molecule has 6 nitrogen and oxygen atoms in total. The Morgan fingerprint density at radius 2 is 2.17 bits per heavy atom. The molecule has 1 fully saturated rings. The van der Waals surface area contributed by atoms with Crippen LogP contribution in [0.2, 0.25) is 0 Å². The minimum absolute atomic E-state index is 0.0628. The van der Waals surface area contributed by atoms with Crippen molar-refractivity contribution >= 4 is 26.8 Å². The molecular formula is C17H23N3O3S. The van der Waals surface area contributed by atoms with E-state index in [1.54, 1.807) is 0 Å². The largest absolute Gasteiger partial charge is 0.346 e. The van der Waals surface area contributed by atoms with E-state index in [1.807, 2.05) is 31.2 Å². The van der Waals surface area contributed by atoms with Gasteiger partial charge in [0, 0.05) is 13.0 Å². The highest BCUT2D eigenvalue weighted by atomic mass is 32.2. The lowest BCUT2D eigenvalue weighted by atomic mass is 10.0. The van der Waals surface area contributed by atoms with E-state index >= 15 is 0 Å². The molecule has 2 unspecified atom stereocenters. The molecule has 2 heterocycles. The van der Waals surface area contributed by atoms with Gasteiger partial charge < -0.3 is 9.88 Å². The predicted octanol–water partition coefficient (Wildman–Crippen LogP) is 2.06. The normalized spacial score (nSPS) is 21.0. The summed E-state index contributed by atoms with van der Waals surface area (Å²) in [6.07, 6.45) is 0.841. The average Bonchev–Trinajstić information content (AvgIpc) is 3.06.